The molecule has 4 nitrogen and oxygen atoms in total. The standard InChI is InChI=1S/C11H13ClN2O2/c1-16-10(11(13)15)7-14-6-8-3-2-4-9(12)5-8/h2-5,7,14H,6H2,1H3,(H2,13,15)/b10-7+. The number of hydrogen-bond acceptors (Lipinski definition) is 3. The molecule has 0 fully saturated rings. The molecule has 0 aliphatic carbocycles. The van der Waals surface area contributed by atoms with Crippen molar-refractivity contribution in [2.45, 2.75) is 6.54 Å². The first-order chi connectivity index (χ1) is 7.63. The van der Waals surface area contributed by atoms with Crippen LogP contribution in [0, 0.1) is 0 Å². The van der Waals surface area contributed by atoms with E-state index in [0.717, 1.165) is 5.56 Å². The molecule has 0 spiro atoms. The van der Waals surface area contributed by atoms with Gasteiger partial charge in [0.15, 0.2) is 5.76 Å². The van der Waals surface area contributed by atoms with Crippen LogP contribution in [0.4, 0.5) is 0 Å². The van der Waals surface area contributed by atoms with Crippen LogP contribution in [0.1, 0.15) is 5.56 Å². The maximum atomic E-state index is 10.8. The highest BCUT2D eigenvalue weighted by Crippen LogP contribution is 2.10. The largest absolute Gasteiger partial charge is 0.490 e. The first kappa shape index (κ1) is 12.4. The molecule has 1 aromatic rings. The molecule has 0 saturated heterocycles. The fourth-order valence-electron chi connectivity index (χ4n) is 1.14. The van der Waals surface area contributed by atoms with Gasteiger partial charge in [-0.3, -0.25) is 4.79 Å². The minimum atomic E-state index is -0.610. The van der Waals surface area contributed by atoms with Gasteiger partial charge in [-0.25, -0.2) is 0 Å². The summed E-state index contributed by atoms with van der Waals surface area (Å²) in [5, 5.41) is 3.59. The molecule has 1 amide bonds. The maximum absolute atomic E-state index is 10.8. The minimum Gasteiger partial charge on any atom is -0.490 e. The number of carbonyl (C=O) groups is 1. The van der Waals surface area contributed by atoms with Gasteiger partial charge in [0.1, 0.15) is 0 Å². The summed E-state index contributed by atoms with van der Waals surface area (Å²) in [6.07, 6.45) is 1.43. The van der Waals surface area contributed by atoms with Gasteiger partial charge in [0.05, 0.1) is 7.11 Å². The lowest BCUT2D eigenvalue weighted by Gasteiger charge is -2.04. The average Bonchev–Trinajstić information content (AvgIpc) is 2.24. The Morgan fingerprint density at radius 1 is 1.62 bits per heavy atom. The number of primary amides is 1. The second-order valence-electron chi connectivity index (χ2n) is 3.09. The van der Waals surface area contributed by atoms with Crippen LogP contribution in [0.25, 0.3) is 0 Å². The second kappa shape index (κ2) is 6.02. The molecule has 5 heteroatoms. The number of nitrogens with two attached hydrogens (primary N) is 1. The first-order valence-corrected chi connectivity index (χ1v) is 5.03. The monoisotopic (exact) mass is 240 g/mol. The van der Waals surface area contributed by atoms with E-state index < -0.39 is 5.91 Å². The summed E-state index contributed by atoms with van der Waals surface area (Å²) < 4.78 is 4.77. The molecule has 0 bridgehead atoms. The summed E-state index contributed by atoms with van der Waals surface area (Å²) in [4.78, 5) is 10.8. The number of nitrogens with one attached hydrogen (secondary N) is 1. The number of carbonyl (C=O) groups excluding carboxylic acids is 1. The van der Waals surface area contributed by atoms with E-state index in [1.54, 1.807) is 6.07 Å². The third-order valence-electron chi connectivity index (χ3n) is 1.89. The van der Waals surface area contributed by atoms with Crippen LogP contribution in [-0.2, 0) is 16.1 Å². The van der Waals surface area contributed by atoms with E-state index >= 15 is 0 Å². The Bertz CT molecular complexity index is 405. The van der Waals surface area contributed by atoms with Crippen molar-refractivity contribution >= 4 is 17.5 Å². The van der Waals surface area contributed by atoms with Gasteiger partial charge in [0, 0.05) is 17.8 Å². The summed E-state index contributed by atoms with van der Waals surface area (Å²) in [5.41, 5.74) is 6.06. The lowest BCUT2D eigenvalue weighted by atomic mass is 10.2. The molecule has 0 aliphatic heterocycles. The highest BCUT2D eigenvalue weighted by molar-refractivity contribution is 6.30. The number of amides is 1. The van der Waals surface area contributed by atoms with E-state index in [1.807, 2.05) is 18.2 Å². The molecule has 1 rings (SSSR count). The van der Waals surface area contributed by atoms with Gasteiger partial charge < -0.3 is 15.8 Å². The van der Waals surface area contributed by atoms with Gasteiger partial charge in [0.25, 0.3) is 5.91 Å². The van der Waals surface area contributed by atoms with Gasteiger partial charge in [-0.2, -0.15) is 0 Å². The van der Waals surface area contributed by atoms with E-state index in [9.17, 15) is 4.79 Å². The van der Waals surface area contributed by atoms with E-state index in [-0.39, 0.29) is 5.76 Å². The number of ether oxygens (including phenoxy) is 1. The van der Waals surface area contributed by atoms with E-state index in [0.29, 0.717) is 11.6 Å². The highest BCUT2D eigenvalue weighted by Gasteiger charge is 2.02. The maximum Gasteiger partial charge on any atom is 0.285 e. The van der Waals surface area contributed by atoms with Crippen LogP contribution >= 0.6 is 11.6 Å². The number of hydrogen-bond donors (Lipinski definition) is 2. The van der Waals surface area contributed by atoms with Crippen molar-refractivity contribution in [2.75, 3.05) is 7.11 Å². The minimum absolute atomic E-state index is 0.0852. The van der Waals surface area contributed by atoms with Crippen LogP contribution in [0.2, 0.25) is 5.02 Å². The molecule has 86 valence electrons. The molecule has 0 aliphatic rings. The zero-order chi connectivity index (χ0) is 12.0. The average molecular weight is 241 g/mol. The number of halogens is 1. The molecule has 3 N–H and O–H groups in total. The fraction of sp³-hybridized carbons (Fsp3) is 0.182. The summed E-state index contributed by atoms with van der Waals surface area (Å²) in [6.45, 7) is 0.542. The van der Waals surface area contributed by atoms with Crippen molar-refractivity contribution < 1.29 is 9.53 Å². The van der Waals surface area contributed by atoms with E-state index in [2.05, 4.69) is 5.32 Å². The quantitative estimate of drug-likeness (QED) is 0.604. The molecule has 0 heterocycles. The summed E-state index contributed by atoms with van der Waals surface area (Å²) >= 11 is 5.82. The van der Waals surface area contributed by atoms with Crippen LogP contribution in [0.15, 0.2) is 36.2 Å². The van der Waals surface area contributed by atoms with E-state index in [1.165, 1.54) is 13.3 Å². The van der Waals surface area contributed by atoms with Crippen molar-refractivity contribution in [3.8, 4) is 0 Å². The zero-order valence-electron chi connectivity index (χ0n) is 8.87. The molecule has 0 radical (unpaired) electrons. The highest BCUT2D eigenvalue weighted by atomic mass is 35.5. The third kappa shape index (κ3) is 3.82. The van der Waals surface area contributed by atoms with Crippen LogP contribution in [0.5, 0.6) is 0 Å². The van der Waals surface area contributed by atoms with Crippen LogP contribution < -0.4 is 11.1 Å². The second-order valence-corrected chi connectivity index (χ2v) is 3.52. The lowest BCUT2D eigenvalue weighted by Crippen LogP contribution is -2.18. The Morgan fingerprint density at radius 2 is 2.38 bits per heavy atom. The Hall–Kier alpha value is -1.68. The molecular weight excluding hydrogens is 228 g/mol. The Morgan fingerprint density at radius 3 is 2.94 bits per heavy atom. The normalized spacial score (nSPS) is 11.0. The van der Waals surface area contributed by atoms with Crippen molar-refractivity contribution in [2.24, 2.45) is 5.73 Å². The van der Waals surface area contributed by atoms with E-state index in [4.69, 9.17) is 22.1 Å². The molecule has 1 aromatic carbocycles. The zero-order valence-corrected chi connectivity index (χ0v) is 9.62. The molecule has 0 aromatic heterocycles. The molecule has 0 atom stereocenters. The first-order valence-electron chi connectivity index (χ1n) is 4.65. The van der Waals surface area contributed by atoms with Crippen molar-refractivity contribution in [3.05, 3.63) is 46.8 Å². The van der Waals surface area contributed by atoms with Crippen LogP contribution in [-0.4, -0.2) is 13.0 Å². The molecule has 0 unspecified atom stereocenters. The van der Waals surface area contributed by atoms with Crippen molar-refractivity contribution in [3.63, 3.8) is 0 Å². The summed E-state index contributed by atoms with van der Waals surface area (Å²) in [7, 11) is 1.39. The summed E-state index contributed by atoms with van der Waals surface area (Å²) in [5.74, 6) is -0.525. The predicted octanol–water partition coefficient (Wildman–Crippen LogP) is 1.40. The third-order valence-corrected chi connectivity index (χ3v) is 2.13. The Balaban J connectivity index is 2.55. The Labute approximate surface area is 99.0 Å². The van der Waals surface area contributed by atoms with Crippen molar-refractivity contribution in [1.29, 1.82) is 0 Å². The molecular formula is C11H13ClN2O2. The number of benzene rings is 1. The lowest BCUT2D eigenvalue weighted by molar-refractivity contribution is -0.117. The van der Waals surface area contributed by atoms with Gasteiger partial charge >= 0.3 is 0 Å². The number of rotatable bonds is 5. The summed E-state index contributed by atoms with van der Waals surface area (Å²) in [6, 6.07) is 7.40. The van der Waals surface area contributed by atoms with Gasteiger partial charge in [-0.15, -0.1) is 0 Å². The smallest absolute Gasteiger partial charge is 0.285 e. The molecule has 0 saturated carbocycles. The van der Waals surface area contributed by atoms with Gasteiger partial charge in [0.2, 0.25) is 0 Å². The van der Waals surface area contributed by atoms with Crippen molar-refractivity contribution in [1.82, 2.24) is 5.32 Å². The Kier molecular flexibility index (Phi) is 4.66. The van der Waals surface area contributed by atoms with Gasteiger partial charge in [-0.1, -0.05) is 23.7 Å². The van der Waals surface area contributed by atoms with Gasteiger partial charge in [-0.05, 0) is 17.7 Å². The SMILES string of the molecule is CO/C(=C/NCc1cccc(Cl)c1)C(N)=O. The molecule has 16 heavy (non-hydrogen) atoms. The fourth-order valence-corrected chi connectivity index (χ4v) is 1.35. The predicted molar refractivity (Wildman–Crippen MR) is 62.6 cm³/mol. The number of methoxy groups -OCH3 is 1. The topological polar surface area (TPSA) is 64.3 Å². The van der Waals surface area contributed by atoms with Crippen LogP contribution in [0.3, 0.4) is 0 Å².